The van der Waals surface area contributed by atoms with Crippen molar-refractivity contribution in [1.82, 2.24) is 15.1 Å². The van der Waals surface area contributed by atoms with Crippen molar-refractivity contribution in [3.8, 4) is 0 Å². The second kappa shape index (κ2) is 5.02. The minimum atomic E-state index is 0.695. The Labute approximate surface area is 117 Å². The summed E-state index contributed by atoms with van der Waals surface area (Å²) in [6.07, 6.45) is 4.26. The summed E-state index contributed by atoms with van der Waals surface area (Å²) in [5.74, 6) is 1.95. The van der Waals surface area contributed by atoms with Crippen molar-refractivity contribution < 1.29 is 4.42 Å². The molecule has 0 aliphatic heterocycles. The van der Waals surface area contributed by atoms with Crippen LogP contribution < -0.4 is 5.32 Å². The molecule has 1 saturated carbocycles. The zero-order valence-corrected chi connectivity index (χ0v) is 12.0. The zero-order valence-electron chi connectivity index (χ0n) is 11.2. The van der Waals surface area contributed by atoms with Crippen LogP contribution in [0.1, 0.15) is 35.6 Å². The van der Waals surface area contributed by atoms with Crippen LogP contribution in [0.4, 0.5) is 0 Å². The Hall–Kier alpha value is -1.26. The number of halogens is 1. The number of furan rings is 1. The Kier molecular flexibility index (Phi) is 3.37. The van der Waals surface area contributed by atoms with E-state index in [0.29, 0.717) is 17.6 Å². The Morgan fingerprint density at radius 3 is 2.89 bits per heavy atom. The van der Waals surface area contributed by atoms with Crippen molar-refractivity contribution in [3.05, 3.63) is 40.1 Å². The fourth-order valence-corrected chi connectivity index (χ4v) is 2.25. The minimum Gasteiger partial charge on any atom is -0.465 e. The summed E-state index contributed by atoms with van der Waals surface area (Å²) in [4.78, 5) is 0. The highest BCUT2D eigenvalue weighted by Gasteiger charge is 2.21. The fourth-order valence-electron chi connectivity index (χ4n) is 2.11. The quantitative estimate of drug-likeness (QED) is 0.915. The first-order valence-electron chi connectivity index (χ1n) is 6.63. The van der Waals surface area contributed by atoms with E-state index < -0.39 is 0 Å². The average molecular weight is 280 g/mol. The largest absolute Gasteiger partial charge is 0.465 e. The first kappa shape index (κ1) is 12.8. The van der Waals surface area contributed by atoms with E-state index in [1.807, 2.05) is 18.5 Å². The number of aryl methyl sites for hydroxylation is 1. The molecule has 4 nitrogen and oxygen atoms in total. The molecule has 1 aliphatic rings. The van der Waals surface area contributed by atoms with Crippen LogP contribution in [-0.4, -0.2) is 15.8 Å². The molecule has 0 saturated heterocycles. The molecule has 2 aromatic heterocycles. The number of nitrogens with zero attached hydrogens (tertiary/aromatic N) is 2. The van der Waals surface area contributed by atoms with Crippen molar-refractivity contribution in [1.29, 1.82) is 0 Å². The highest BCUT2D eigenvalue weighted by Crippen LogP contribution is 2.22. The van der Waals surface area contributed by atoms with Crippen molar-refractivity contribution in [3.63, 3.8) is 0 Å². The third-order valence-electron chi connectivity index (χ3n) is 3.58. The first-order valence-corrected chi connectivity index (χ1v) is 7.01. The van der Waals surface area contributed by atoms with Crippen LogP contribution in [0.3, 0.4) is 0 Å². The molecule has 0 unspecified atom stereocenters. The lowest BCUT2D eigenvalue weighted by Crippen LogP contribution is -2.14. The van der Waals surface area contributed by atoms with Gasteiger partial charge in [0.25, 0.3) is 0 Å². The van der Waals surface area contributed by atoms with Gasteiger partial charge in [-0.15, -0.1) is 0 Å². The topological polar surface area (TPSA) is 43.0 Å². The summed E-state index contributed by atoms with van der Waals surface area (Å²) in [6.45, 7) is 5.48. The third kappa shape index (κ3) is 2.85. The molecule has 1 aliphatic carbocycles. The van der Waals surface area contributed by atoms with Crippen LogP contribution in [-0.2, 0) is 13.1 Å². The normalized spacial score (nSPS) is 15.1. The van der Waals surface area contributed by atoms with Crippen LogP contribution in [0, 0.1) is 13.8 Å². The van der Waals surface area contributed by atoms with E-state index in [9.17, 15) is 0 Å². The van der Waals surface area contributed by atoms with Crippen LogP contribution in [0.5, 0.6) is 0 Å². The molecular weight excluding hydrogens is 262 g/mol. The molecule has 0 bridgehead atoms. The summed E-state index contributed by atoms with van der Waals surface area (Å²) < 4.78 is 7.68. The summed E-state index contributed by atoms with van der Waals surface area (Å²) in [6, 6.07) is 2.81. The van der Waals surface area contributed by atoms with Gasteiger partial charge in [-0.05, 0) is 32.8 Å². The second-order valence-electron chi connectivity index (χ2n) is 5.18. The summed E-state index contributed by atoms with van der Waals surface area (Å²) in [7, 11) is 0. The Morgan fingerprint density at radius 2 is 2.26 bits per heavy atom. The molecule has 0 radical (unpaired) electrons. The molecule has 2 heterocycles. The number of nitrogens with one attached hydrogen (secondary N) is 1. The van der Waals surface area contributed by atoms with Gasteiger partial charge in [-0.25, -0.2) is 0 Å². The van der Waals surface area contributed by atoms with Gasteiger partial charge in [0.05, 0.1) is 30.0 Å². The van der Waals surface area contributed by atoms with Gasteiger partial charge in [-0.1, -0.05) is 11.6 Å². The van der Waals surface area contributed by atoms with Crippen molar-refractivity contribution in [2.75, 3.05) is 0 Å². The maximum absolute atomic E-state index is 6.02. The van der Waals surface area contributed by atoms with E-state index >= 15 is 0 Å². The molecule has 3 rings (SSSR count). The lowest BCUT2D eigenvalue weighted by molar-refractivity contribution is 0.458. The van der Waals surface area contributed by atoms with Gasteiger partial charge in [0, 0.05) is 11.6 Å². The molecule has 2 aromatic rings. The first-order chi connectivity index (χ1) is 9.13. The maximum Gasteiger partial charge on any atom is 0.118 e. The molecule has 0 atom stereocenters. The third-order valence-corrected chi connectivity index (χ3v) is 3.95. The molecule has 1 fully saturated rings. The zero-order chi connectivity index (χ0) is 13.4. The highest BCUT2D eigenvalue weighted by atomic mass is 35.5. The number of rotatable bonds is 5. The minimum absolute atomic E-state index is 0.695. The molecular formula is C14H18ClN3O. The molecule has 0 amide bonds. The molecule has 0 aromatic carbocycles. The van der Waals surface area contributed by atoms with E-state index in [-0.39, 0.29) is 0 Å². The summed E-state index contributed by atoms with van der Waals surface area (Å²) in [5.41, 5.74) is 2.15. The smallest absolute Gasteiger partial charge is 0.118 e. The van der Waals surface area contributed by atoms with E-state index in [4.69, 9.17) is 16.0 Å². The summed E-state index contributed by atoms with van der Waals surface area (Å²) in [5, 5.41) is 8.43. The van der Waals surface area contributed by atoms with Crippen molar-refractivity contribution >= 4 is 11.6 Å². The predicted octanol–water partition coefficient (Wildman–Crippen LogP) is 3.05. The van der Waals surface area contributed by atoms with Gasteiger partial charge in [-0.2, -0.15) is 5.10 Å². The molecule has 1 N–H and O–H groups in total. The van der Waals surface area contributed by atoms with E-state index in [2.05, 4.69) is 16.5 Å². The van der Waals surface area contributed by atoms with Gasteiger partial charge in [0.15, 0.2) is 0 Å². The van der Waals surface area contributed by atoms with Gasteiger partial charge in [0.1, 0.15) is 11.5 Å². The monoisotopic (exact) mass is 279 g/mol. The Bertz CT molecular complexity index is 584. The van der Waals surface area contributed by atoms with Gasteiger partial charge in [-0.3, -0.25) is 4.68 Å². The van der Waals surface area contributed by atoms with Crippen LogP contribution in [0.15, 0.2) is 16.7 Å². The highest BCUT2D eigenvalue weighted by molar-refractivity contribution is 6.31. The molecule has 19 heavy (non-hydrogen) atoms. The maximum atomic E-state index is 6.02. The van der Waals surface area contributed by atoms with Crippen molar-refractivity contribution in [2.45, 2.75) is 45.8 Å². The van der Waals surface area contributed by atoms with E-state index in [0.717, 1.165) is 29.3 Å². The van der Waals surface area contributed by atoms with Crippen molar-refractivity contribution in [2.24, 2.45) is 0 Å². The molecule has 5 heteroatoms. The Morgan fingerprint density at radius 1 is 1.47 bits per heavy atom. The van der Waals surface area contributed by atoms with Gasteiger partial charge < -0.3 is 9.73 Å². The van der Waals surface area contributed by atoms with E-state index in [1.165, 1.54) is 12.8 Å². The lowest BCUT2D eigenvalue weighted by Gasteiger charge is -2.02. The number of hydrogen-bond donors (Lipinski definition) is 1. The van der Waals surface area contributed by atoms with E-state index in [1.54, 1.807) is 6.20 Å². The fraction of sp³-hybridized carbons (Fsp3) is 0.500. The van der Waals surface area contributed by atoms with Gasteiger partial charge >= 0.3 is 0 Å². The van der Waals surface area contributed by atoms with Gasteiger partial charge in [0.2, 0.25) is 0 Å². The lowest BCUT2D eigenvalue weighted by atomic mass is 10.2. The second-order valence-corrected chi connectivity index (χ2v) is 5.59. The van der Waals surface area contributed by atoms with Crippen LogP contribution >= 0.6 is 11.6 Å². The molecule has 102 valence electrons. The average Bonchev–Trinajstić information content (AvgIpc) is 3.09. The standard InChI is InChI=1S/C14H18ClN3O/c1-9-14(15)7-17-18(9)8-11-5-13(19-10(11)2)6-16-12-3-4-12/h5,7,12,16H,3-4,6,8H2,1-2H3. The number of aromatic nitrogens is 2. The Balaban J connectivity index is 1.71. The summed E-state index contributed by atoms with van der Waals surface area (Å²) >= 11 is 6.02. The predicted molar refractivity (Wildman–Crippen MR) is 74.4 cm³/mol. The van der Waals surface area contributed by atoms with Crippen LogP contribution in [0.25, 0.3) is 0 Å². The van der Waals surface area contributed by atoms with Crippen LogP contribution in [0.2, 0.25) is 5.02 Å². The number of hydrogen-bond acceptors (Lipinski definition) is 3. The SMILES string of the molecule is Cc1oc(CNC2CC2)cc1Cn1ncc(Cl)c1C. The molecule has 0 spiro atoms.